The van der Waals surface area contributed by atoms with E-state index in [9.17, 15) is 22.2 Å². The van der Waals surface area contributed by atoms with Crippen LogP contribution in [0.15, 0.2) is 29.2 Å². The van der Waals surface area contributed by atoms with Crippen molar-refractivity contribution in [2.75, 3.05) is 5.32 Å². The molecule has 1 N–H and O–H groups in total. The lowest BCUT2D eigenvalue weighted by molar-refractivity contribution is -0.117. The lowest BCUT2D eigenvalue weighted by Gasteiger charge is -2.08. The van der Waals surface area contributed by atoms with Crippen LogP contribution < -0.4 is 5.32 Å². The minimum absolute atomic E-state index is 0.0430. The minimum Gasteiger partial charge on any atom is -0.326 e. The van der Waals surface area contributed by atoms with E-state index in [1.807, 2.05) is 0 Å². The predicted octanol–water partition coefficient (Wildman–Crippen LogP) is 3.30. The number of nitrogens with one attached hydrogen (secondary N) is 1. The molecular weight excluding hydrogens is 303 g/mol. The largest absolute Gasteiger partial charge is 0.475 e. The van der Waals surface area contributed by atoms with Crippen LogP contribution in [0, 0.1) is 17.8 Å². The number of anilines is 1. The molecule has 0 aromatic heterocycles. The van der Waals surface area contributed by atoms with Gasteiger partial charge in [0, 0.05) is 16.5 Å². The fraction of sp³-hybridized carbons (Fsp3) is 0.500. The quantitative estimate of drug-likeness (QED) is 0.926. The van der Waals surface area contributed by atoms with Crippen molar-refractivity contribution in [1.29, 1.82) is 0 Å². The van der Waals surface area contributed by atoms with Crippen molar-refractivity contribution in [3.05, 3.63) is 24.3 Å². The van der Waals surface area contributed by atoms with Crippen molar-refractivity contribution < 1.29 is 22.2 Å². The zero-order chi connectivity index (χ0) is 15.2. The van der Waals surface area contributed by atoms with Gasteiger partial charge in [-0.05, 0) is 55.4 Å². The summed E-state index contributed by atoms with van der Waals surface area (Å²) < 4.78 is 48.1. The van der Waals surface area contributed by atoms with Crippen LogP contribution in [0.1, 0.15) is 19.3 Å². The van der Waals surface area contributed by atoms with Crippen LogP contribution in [0.3, 0.4) is 0 Å². The second-order valence-electron chi connectivity index (χ2n) is 5.57. The summed E-state index contributed by atoms with van der Waals surface area (Å²) in [5, 5.41) is 2.70. The number of hydrogen-bond acceptors (Lipinski definition) is 2. The Morgan fingerprint density at radius 1 is 1.19 bits per heavy atom. The molecule has 1 aromatic rings. The van der Waals surface area contributed by atoms with E-state index in [1.54, 1.807) is 0 Å². The van der Waals surface area contributed by atoms with E-state index in [0.29, 0.717) is 17.5 Å². The Kier molecular flexibility index (Phi) is 3.55. The molecule has 0 unspecified atom stereocenters. The van der Waals surface area contributed by atoms with Crippen molar-refractivity contribution in [3.8, 4) is 0 Å². The number of benzene rings is 1. The van der Waals surface area contributed by atoms with E-state index in [0.717, 1.165) is 18.6 Å². The summed E-state index contributed by atoms with van der Waals surface area (Å²) in [6, 6.07) is 4.96. The molecule has 1 aromatic carbocycles. The molecule has 2 saturated carbocycles. The van der Waals surface area contributed by atoms with Gasteiger partial charge >= 0.3 is 5.51 Å². The highest BCUT2D eigenvalue weighted by Gasteiger charge is 2.51. The fourth-order valence-corrected chi connectivity index (χ4v) is 3.24. The van der Waals surface area contributed by atoms with Gasteiger partial charge in [0.2, 0.25) is 5.91 Å². The van der Waals surface area contributed by atoms with Crippen LogP contribution in [0.25, 0.3) is 0 Å². The van der Waals surface area contributed by atoms with Gasteiger partial charge in [0.1, 0.15) is 0 Å². The van der Waals surface area contributed by atoms with Crippen molar-refractivity contribution >= 4 is 22.4 Å². The average Bonchev–Trinajstić information content (AvgIpc) is 3.27. The van der Waals surface area contributed by atoms with Crippen LogP contribution in [0.4, 0.5) is 18.9 Å². The molecule has 2 aliphatic rings. The minimum atomic E-state index is -4.77. The van der Waals surface area contributed by atoms with Crippen molar-refractivity contribution in [2.45, 2.75) is 29.7 Å². The van der Waals surface area contributed by atoms with Crippen LogP contribution >= 0.6 is 0 Å². The van der Waals surface area contributed by atoms with Gasteiger partial charge < -0.3 is 5.32 Å². The van der Waals surface area contributed by atoms with Crippen LogP contribution in [-0.2, 0) is 15.6 Å². The first-order valence-electron chi connectivity index (χ1n) is 6.76. The van der Waals surface area contributed by atoms with E-state index in [1.165, 1.54) is 25.0 Å². The second kappa shape index (κ2) is 5.12. The van der Waals surface area contributed by atoms with Crippen molar-refractivity contribution in [3.63, 3.8) is 0 Å². The number of alkyl halides is 3. The maximum Gasteiger partial charge on any atom is 0.475 e. The smallest absolute Gasteiger partial charge is 0.326 e. The SMILES string of the molecule is O=C(Nc1ccc([S@](=O)C(F)(F)F)cc1)[C@@H]1C[C@H]1C1CC1. The van der Waals surface area contributed by atoms with Gasteiger partial charge in [-0.15, -0.1) is 0 Å². The van der Waals surface area contributed by atoms with E-state index < -0.39 is 16.3 Å². The highest BCUT2D eigenvalue weighted by atomic mass is 32.2. The molecule has 0 heterocycles. The topological polar surface area (TPSA) is 46.2 Å². The van der Waals surface area contributed by atoms with Crippen LogP contribution in [0.5, 0.6) is 0 Å². The molecule has 114 valence electrons. The van der Waals surface area contributed by atoms with E-state index in [-0.39, 0.29) is 16.7 Å². The first kappa shape index (κ1) is 14.6. The summed E-state index contributed by atoms with van der Waals surface area (Å²) in [6.07, 6.45) is 3.31. The number of rotatable bonds is 4. The molecule has 0 saturated heterocycles. The zero-order valence-electron chi connectivity index (χ0n) is 11.0. The summed E-state index contributed by atoms with van der Waals surface area (Å²) in [7, 11) is -3.03. The lowest BCUT2D eigenvalue weighted by atomic mass is 10.2. The van der Waals surface area contributed by atoms with Gasteiger partial charge in [0.05, 0.1) is 0 Å². The Morgan fingerprint density at radius 2 is 1.81 bits per heavy atom. The normalized spacial score (nSPS) is 26.2. The van der Waals surface area contributed by atoms with Gasteiger partial charge in [-0.3, -0.25) is 4.79 Å². The molecule has 3 nitrogen and oxygen atoms in total. The van der Waals surface area contributed by atoms with E-state index in [4.69, 9.17) is 0 Å². The molecule has 2 fully saturated rings. The van der Waals surface area contributed by atoms with Crippen molar-refractivity contribution in [2.24, 2.45) is 17.8 Å². The van der Waals surface area contributed by atoms with Crippen LogP contribution in [-0.4, -0.2) is 15.6 Å². The van der Waals surface area contributed by atoms with Crippen LogP contribution in [0.2, 0.25) is 0 Å². The molecule has 3 rings (SSSR count). The molecule has 7 heteroatoms. The molecule has 1 amide bonds. The molecule has 0 aliphatic heterocycles. The number of carbonyl (C=O) groups excluding carboxylic acids is 1. The summed E-state index contributed by atoms with van der Waals surface area (Å²) in [5.41, 5.74) is -4.33. The highest BCUT2D eigenvalue weighted by molar-refractivity contribution is 7.86. The molecular formula is C14H14F3NO2S. The summed E-state index contributed by atoms with van der Waals surface area (Å²) in [6.45, 7) is 0. The van der Waals surface area contributed by atoms with Gasteiger partial charge in [-0.1, -0.05) is 0 Å². The third kappa shape index (κ3) is 3.28. The molecule has 21 heavy (non-hydrogen) atoms. The molecule has 3 atom stereocenters. The standard InChI is InChI=1S/C14H14F3NO2S/c15-14(16,17)21(20)10-5-3-9(4-6-10)18-13(19)12-7-11(12)8-1-2-8/h3-6,8,11-12H,1-2,7H2,(H,18,19)/t11-,12+,21-/m0/s1. The summed E-state index contributed by atoms with van der Waals surface area (Å²) in [5.74, 6) is 1.15. The number of halogens is 3. The third-order valence-electron chi connectivity index (χ3n) is 3.95. The second-order valence-corrected chi connectivity index (χ2v) is 7.04. The van der Waals surface area contributed by atoms with Gasteiger partial charge in [-0.25, -0.2) is 4.21 Å². The summed E-state index contributed by atoms with van der Waals surface area (Å²) >= 11 is 0. The Labute approximate surface area is 122 Å². The Balaban J connectivity index is 1.59. The zero-order valence-corrected chi connectivity index (χ0v) is 11.8. The first-order valence-corrected chi connectivity index (χ1v) is 7.91. The molecule has 0 bridgehead atoms. The van der Waals surface area contributed by atoms with E-state index >= 15 is 0 Å². The number of carbonyl (C=O) groups is 1. The molecule has 2 aliphatic carbocycles. The highest BCUT2D eigenvalue weighted by Crippen LogP contribution is 2.54. The molecule has 0 radical (unpaired) electrons. The Bertz CT molecular complexity index is 581. The van der Waals surface area contributed by atoms with E-state index in [2.05, 4.69) is 5.32 Å². The van der Waals surface area contributed by atoms with Crippen molar-refractivity contribution in [1.82, 2.24) is 0 Å². The molecule has 0 spiro atoms. The average molecular weight is 317 g/mol. The maximum absolute atomic E-state index is 12.3. The van der Waals surface area contributed by atoms with Gasteiger partial charge in [0.15, 0.2) is 10.8 Å². The summed E-state index contributed by atoms with van der Waals surface area (Å²) in [4.78, 5) is 11.6. The number of amides is 1. The Hall–Kier alpha value is -1.37. The maximum atomic E-state index is 12.3. The number of hydrogen-bond donors (Lipinski definition) is 1. The third-order valence-corrected chi connectivity index (χ3v) is 5.07. The fourth-order valence-electron chi connectivity index (χ4n) is 2.59. The first-order chi connectivity index (χ1) is 9.86. The Morgan fingerprint density at radius 3 is 2.33 bits per heavy atom. The van der Waals surface area contributed by atoms with Gasteiger partial charge in [0.25, 0.3) is 0 Å². The monoisotopic (exact) mass is 317 g/mol. The van der Waals surface area contributed by atoms with Gasteiger partial charge in [-0.2, -0.15) is 13.2 Å². The predicted molar refractivity (Wildman–Crippen MR) is 71.9 cm³/mol. The lowest BCUT2D eigenvalue weighted by Crippen LogP contribution is -2.17.